The fourth-order valence-electron chi connectivity index (χ4n) is 2.58. The zero-order chi connectivity index (χ0) is 20.4. The van der Waals surface area contributed by atoms with Crippen molar-refractivity contribution in [3.8, 4) is 11.5 Å². The van der Waals surface area contributed by atoms with Gasteiger partial charge in [-0.15, -0.1) is 0 Å². The molecule has 0 unspecified atom stereocenters. The van der Waals surface area contributed by atoms with Gasteiger partial charge in [0.2, 0.25) is 0 Å². The van der Waals surface area contributed by atoms with Crippen LogP contribution < -0.4 is 9.47 Å². The maximum atomic E-state index is 13.2. The Balaban J connectivity index is 1.89. The van der Waals surface area contributed by atoms with Gasteiger partial charge in [0, 0.05) is 9.50 Å². The molecule has 0 radical (unpaired) electrons. The first-order valence-electron chi connectivity index (χ1n) is 7.95. The summed E-state index contributed by atoms with van der Waals surface area (Å²) < 4.78 is 24.4. The molecule has 2 amide bonds. The van der Waals surface area contributed by atoms with E-state index in [-0.39, 0.29) is 16.5 Å². The highest BCUT2D eigenvalue weighted by Gasteiger charge is 2.35. The van der Waals surface area contributed by atoms with Crippen LogP contribution in [-0.4, -0.2) is 30.3 Å². The molecule has 1 aliphatic heterocycles. The molecule has 1 fully saturated rings. The number of carbonyl (C=O) groups excluding carboxylic acids is 2. The molecular weight excluding hydrogens is 473 g/mol. The van der Waals surface area contributed by atoms with Gasteiger partial charge in [-0.05, 0) is 53.2 Å². The van der Waals surface area contributed by atoms with Crippen molar-refractivity contribution in [2.24, 2.45) is 0 Å². The molecule has 0 saturated carbocycles. The van der Waals surface area contributed by atoms with Gasteiger partial charge >= 0.3 is 0 Å². The fraction of sp³-hybridized carbons (Fsp3) is 0.158. The zero-order valence-corrected chi connectivity index (χ0v) is 18.0. The number of rotatable bonds is 5. The summed E-state index contributed by atoms with van der Waals surface area (Å²) in [5.74, 6) is 0.0954. The van der Waals surface area contributed by atoms with Crippen LogP contribution in [0.2, 0.25) is 5.02 Å². The van der Waals surface area contributed by atoms with Crippen molar-refractivity contribution in [2.45, 2.75) is 6.54 Å². The van der Waals surface area contributed by atoms with E-state index in [9.17, 15) is 14.0 Å². The normalized spacial score (nSPS) is 15.5. The SMILES string of the molecule is COc1cc(Br)c(/C=C2\SC(=O)N(Cc3ccc(F)cc3Cl)C2=O)cc1OC. The first kappa shape index (κ1) is 20.7. The molecule has 146 valence electrons. The number of amides is 2. The molecule has 9 heteroatoms. The van der Waals surface area contributed by atoms with Crippen LogP contribution in [0.4, 0.5) is 9.18 Å². The summed E-state index contributed by atoms with van der Waals surface area (Å²) in [6.07, 6.45) is 1.60. The van der Waals surface area contributed by atoms with E-state index in [2.05, 4.69) is 15.9 Å². The Kier molecular flexibility index (Phi) is 6.32. The maximum absolute atomic E-state index is 13.2. The minimum atomic E-state index is -0.485. The van der Waals surface area contributed by atoms with Crippen LogP contribution in [0, 0.1) is 5.82 Å². The van der Waals surface area contributed by atoms with Crippen molar-refractivity contribution in [3.63, 3.8) is 0 Å². The summed E-state index contributed by atoms with van der Waals surface area (Å²) in [6.45, 7) is -0.0335. The molecule has 2 aromatic carbocycles. The van der Waals surface area contributed by atoms with Gasteiger partial charge < -0.3 is 9.47 Å². The highest BCUT2D eigenvalue weighted by Crippen LogP contribution is 2.38. The molecule has 1 saturated heterocycles. The van der Waals surface area contributed by atoms with Gasteiger partial charge in [-0.25, -0.2) is 4.39 Å². The van der Waals surface area contributed by atoms with Crippen molar-refractivity contribution in [3.05, 3.63) is 61.7 Å². The third-order valence-corrected chi connectivity index (χ3v) is 5.95. The van der Waals surface area contributed by atoms with Gasteiger partial charge in [0.25, 0.3) is 11.1 Å². The average molecular weight is 487 g/mol. The fourth-order valence-corrected chi connectivity index (χ4v) is 4.07. The predicted octanol–water partition coefficient (Wildman–Crippen LogP) is 5.50. The van der Waals surface area contributed by atoms with Crippen LogP contribution >= 0.6 is 39.3 Å². The molecule has 28 heavy (non-hydrogen) atoms. The van der Waals surface area contributed by atoms with Crippen LogP contribution in [0.15, 0.2) is 39.7 Å². The molecule has 0 bridgehead atoms. The Morgan fingerprint density at radius 3 is 2.50 bits per heavy atom. The standard InChI is InChI=1S/C19H14BrClFNO4S/c1-26-15-5-11(13(20)8-16(15)27-2)6-17-18(24)23(19(25)28-17)9-10-3-4-12(22)7-14(10)21/h3-8H,9H2,1-2H3/b17-6-. The Morgan fingerprint density at radius 2 is 1.86 bits per heavy atom. The molecular formula is C19H14BrClFNO4S. The molecule has 1 heterocycles. The smallest absolute Gasteiger partial charge is 0.293 e. The van der Waals surface area contributed by atoms with Crippen LogP contribution in [0.1, 0.15) is 11.1 Å². The van der Waals surface area contributed by atoms with Gasteiger partial charge in [0.05, 0.1) is 25.7 Å². The molecule has 0 atom stereocenters. The van der Waals surface area contributed by atoms with Crippen LogP contribution in [-0.2, 0) is 11.3 Å². The van der Waals surface area contributed by atoms with E-state index in [4.69, 9.17) is 21.1 Å². The lowest BCUT2D eigenvalue weighted by molar-refractivity contribution is -0.123. The lowest BCUT2D eigenvalue weighted by Crippen LogP contribution is -2.27. The van der Waals surface area contributed by atoms with Gasteiger partial charge in [-0.2, -0.15) is 0 Å². The Hall–Kier alpha value is -2.03. The topological polar surface area (TPSA) is 55.8 Å². The number of halogens is 3. The minimum Gasteiger partial charge on any atom is -0.493 e. The van der Waals surface area contributed by atoms with Crippen LogP contribution in [0.3, 0.4) is 0 Å². The summed E-state index contributed by atoms with van der Waals surface area (Å²) in [5.41, 5.74) is 1.14. The number of thioether (sulfide) groups is 1. The minimum absolute atomic E-state index is 0.0335. The first-order chi connectivity index (χ1) is 13.3. The van der Waals surface area contributed by atoms with Gasteiger partial charge in [0.15, 0.2) is 11.5 Å². The second-order valence-electron chi connectivity index (χ2n) is 5.73. The second kappa shape index (κ2) is 8.55. The summed E-state index contributed by atoms with van der Waals surface area (Å²) >= 11 is 10.3. The summed E-state index contributed by atoms with van der Waals surface area (Å²) in [5, 5.41) is -0.265. The van der Waals surface area contributed by atoms with Crippen LogP contribution in [0.5, 0.6) is 11.5 Å². The summed E-state index contributed by atoms with van der Waals surface area (Å²) in [7, 11) is 3.03. The third kappa shape index (κ3) is 4.19. The number of carbonyl (C=O) groups is 2. The highest BCUT2D eigenvalue weighted by atomic mass is 79.9. The lowest BCUT2D eigenvalue weighted by Gasteiger charge is -2.13. The lowest BCUT2D eigenvalue weighted by atomic mass is 10.1. The zero-order valence-electron chi connectivity index (χ0n) is 14.8. The van der Waals surface area contributed by atoms with E-state index < -0.39 is 17.0 Å². The van der Waals surface area contributed by atoms with Crippen molar-refractivity contribution >= 4 is 56.5 Å². The number of hydrogen-bond acceptors (Lipinski definition) is 5. The average Bonchev–Trinajstić information content (AvgIpc) is 2.92. The van der Waals surface area contributed by atoms with Crippen molar-refractivity contribution in [1.82, 2.24) is 4.90 Å². The first-order valence-corrected chi connectivity index (χ1v) is 9.93. The highest BCUT2D eigenvalue weighted by molar-refractivity contribution is 9.10. The summed E-state index contributed by atoms with van der Waals surface area (Å²) in [4.78, 5) is 26.4. The van der Waals surface area contributed by atoms with Crippen molar-refractivity contribution in [1.29, 1.82) is 0 Å². The second-order valence-corrected chi connectivity index (χ2v) is 7.99. The molecule has 3 rings (SSSR count). The van der Waals surface area contributed by atoms with E-state index in [1.807, 2.05) is 0 Å². The monoisotopic (exact) mass is 485 g/mol. The molecule has 1 aliphatic rings. The molecule has 2 aromatic rings. The number of benzene rings is 2. The molecule has 0 aromatic heterocycles. The Morgan fingerprint density at radius 1 is 1.18 bits per heavy atom. The van der Waals surface area contributed by atoms with E-state index in [0.717, 1.165) is 22.7 Å². The Labute approximate surface area is 178 Å². The number of imide groups is 1. The number of nitrogens with zero attached hydrogens (tertiary/aromatic N) is 1. The maximum Gasteiger partial charge on any atom is 0.293 e. The van der Waals surface area contributed by atoms with Crippen molar-refractivity contribution in [2.75, 3.05) is 14.2 Å². The van der Waals surface area contributed by atoms with Crippen molar-refractivity contribution < 1.29 is 23.5 Å². The molecule has 0 N–H and O–H groups in total. The summed E-state index contributed by atoms with van der Waals surface area (Å²) in [6, 6.07) is 7.25. The molecule has 5 nitrogen and oxygen atoms in total. The van der Waals surface area contributed by atoms with E-state index in [1.165, 1.54) is 26.4 Å². The van der Waals surface area contributed by atoms with Crippen LogP contribution in [0.25, 0.3) is 6.08 Å². The Bertz CT molecular complexity index is 998. The molecule has 0 aliphatic carbocycles. The molecule has 0 spiro atoms. The number of methoxy groups -OCH3 is 2. The quantitative estimate of drug-likeness (QED) is 0.523. The largest absolute Gasteiger partial charge is 0.493 e. The van der Waals surface area contributed by atoms with E-state index >= 15 is 0 Å². The predicted molar refractivity (Wildman–Crippen MR) is 110 cm³/mol. The van der Waals surface area contributed by atoms with Gasteiger partial charge in [0.1, 0.15) is 5.82 Å². The van der Waals surface area contributed by atoms with Gasteiger partial charge in [-0.1, -0.05) is 33.6 Å². The third-order valence-electron chi connectivity index (χ3n) is 4.01. The van der Waals surface area contributed by atoms with Gasteiger partial charge in [-0.3, -0.25) is 14.5 Å². The number of ether oxygens (including phenoxy) is 2. The van der Waals surface area contributed by atoms with E-state index in [0.29, 0.717) is 27.1 Å². The number of hydrogen-bond donors (Lipinski definition) is 0. The van der Waals surface area contributed by atoms with E-state index in [1.54, 1.807) is 18.2 Å².